The van der Waals surface area contributed by atoms with Crippen LogP contribution in [0.3, 0.4) is 0 Å². The lowest BCUT2D eigenvalue weighted by Gasteiger charge is -2.37. The van der Waals surface area contributed by atoms with E-state index in [0.717, 1.165) is 6.04 Å². The Morgan fingerprint density at radius 2 is 1.73 bits per heavy atom. The van der Waals surface area contributed by atoms with E-state index in [9.17, 15) is 0 Å². The molecule has 1 aliphatic carbocycles. The summed E-state index contributed by atoms with van der Waals surface area (Å²) in [5, 5.41) is 0. The lowest BCUT2D eigenvalue weighted by Crippen LogP contribution is -2.46. The van der Waals surface area contributed by atoms with Gasteiger partial charge in [0.15, 0.2) is 0 Å². The largest absolute Gasteiger partial charge is 0.326 e. The standard InChI is InChI=1S/C9H19NSi/c1-10(11-7-4-8-11)9-5-2-3-6-9/h9,11H,2-8H2,1H3. The second kappa shape index (κ2) is 3.28. The maximum absolute atomic E-state index is 2.79. The lowest BCUT2D eigenvalue weighted by atomic mass is 10.3. The van der Waals surface area contributed by atoms with E-state index in [4.69, 9.17) is 0 Å². The number of nitrogens with zero attached hydrogens (tertiary/aromatic N) is 1. The van der Waals surface area contributed by atoms with Crippen molar-refractivity contribution in [1.82, 2.24) is 4.57 Å². The molecule has 1 heterocycles. The minimum absolute atomic E-state index is 0.315. The fourth-order valence-electron chi connectivity index (χ4n) is 2.40. The van der Waals surface area contributed by atoms with Crippen molar-refractivity contribution in [3.05, 3.63) is 0 Å². The summed E-state index contributed by atoms with van der Waals surface area (Å²) < 4.78 is 2.79. The molecule has 0 bridgehead atoms. The van der Waals surface area contributed by atoms with Gasteiger partial charge in [0.1, 0.15) is 8.96 Å². The normalized spacial score (nSPS) is 27.8. The van der Waals surface area contributed by atoms with Crippen LogP contribution in [0.4, 0.5) is 0 Å². The molecule has 0 N–H and O–H groups in total. The number of hydrogen-bond acceptors (Lipinski definition) is 1. The minimum atomic E-state index is -0.315. The molecule has 0 atom stereocenters. The summed E-state index contributed by atoms with van der Waals surface area (Å²) in [6, 6.07) is 4.21. The molecule has 0 spiro atoms. The molecule has 2 aliphatic rings. The molecule has 0 aromatic rings. The third kappa shape index (κ3) is 1.52. The summed E-state index contributed by atoms with van der Waals surface area (Å²) in [6.45, 7) is 0. The van der Waals surface area contributed by atoms with Crippen LogP contribution in [0, 0.1) is 0 Å². The molecule has 11 heavy (non-hydrogen) atoms. The van der Waals surface area contributed by atoms with E-state index in [0.29, 0.717) is 0 Å². The molecule has 1 saturated carbocycles. The van der Waals surface area contributed by atoms with Crippen LogP contribution in [-0.4, -0.2) is 26.6 Å². The predicted molar refractivity (Wildman–Crippen MR) is 51.4 cm³/mol. The molecule has 0 unspecified atom stereocenters. The zero-order chi connectivity index (χ0) is 7.68. The second-order valence-electron chi connectivity index (χ2n) is 4.19. The first-order chi connectivity index (χ1) is 5.38. The zero-order valence-electron chi connectivity index (χ0n) is 7.55. The molecule has 1 saturated heterocycles. The van der Waals surface area contributed by atoms with E-state index in [2.05, 4.69) is 11.6 Å². The van der Waals surface area contributed by atoms with Gasteiger partial charge in [-0.1, -0.05) is 19.3 Å². The lowest BCUT2D eigenvalue weighted by molar-refractivity contribution is 0.371. The van der Waals surface area contributed by atoms with E-state index in [1.54, 1.807) is 12.1 Å². The van der Waals surface area contributed by atoms with Crippen molar-refractivity contribution in [2.75, 3.05) is 7.05 Å². The van der Waals surface area contributed by atoms with Gasteiger partial charge in [-0.2, -0.15) is 0 Å². The molecular formula is C9H19NSi. The smallest absolute Gasteiger partial charge is 0.111 e. The molecule has 0 aromatic carbocycles. The third-order valence-electron chi connectivity index (χ3n) is 3.55. The maximum Gasteiger partial charge on any atom is 0.111 e. The van der Waals surface area contributed by atoms with Crippen molar-refractivity contribution in [1.29, 1.82) is 0 Å². The zero-order valence-corrected chi connectivity index (χ0v) is 8.71. The Labute approximate surface area is 71.5 Å². The molecule has 2 rings (SSSR count). The second-order valence-corrected chi connectivity index (χ2v) is 7.47. The highest BCUT2D eigenvalue weighted by atomic mass is 28.3. The van der Waals surface area contributed by atoms with Gasteiger partial charge in [0.25, 0.3) is 0 Å². The highest BCUT2D eigenvalue weighted by Crippen LogP contribution is 2.29. The quantitative estimate of drug-likeness (QED) is 0.571. The van der Waals surface area contributed by atoms with Gasteiger partial charge in [0.05, 0.1) is 0 Å². The van der Waals surface area contributed by atoms with Crippen LogP contribution in [-0.2, 0) is 0 Å². The first-order valence-electron chi connectivity index (χ1n) is 5.10. The summed E-state index contributed by atoms with van der Waals surface area (Å²) in [5.74, 6) is 0. The summed E-state index contributed by atoms with van der Waals surface area (Å²) in [6.07, 6.45) is 7.53. The van der Waals surface area contributed by atoms with Crippen LogP contribution in [0.2, 0.25) is 12.1 Å². The average Bonchev–Trinajstić information content (AvgIpc) is 2.32. The topological polar surface area (TPSA) is 3.24 Å². The monoisotopic (exact) mass is 169 g/mol. The average molecular weight is 169 g/mol. The maximum atomic E-state index is 2.79. The van der Waals surface area contributed by atoms with Crippen LogP contribution in [0.5, 0.6) is 0 Å². The Hall–Kier alpha value is 0.177. The third-order valence-corrected chi connectivity index (χ3v) is 7.27. The first-order valence-corrected chi connectivity index (χ1v) is 7.25. The van der Waals surface area contributed by atoms with Crippen molar-refractivity contribution >= 4 is 8.96 Å². The van der Waals surface area contributed by atoms with E-state index in [1.807, 2.05) is 0 Å². The fourth-order valence-corrected chi connectivity index (χ4v) is 4.89. The Bertz CT molecular complexity index is 128. The molecule has 1 aliphatic heterocycles. The molecular weight excluding hydrogens is 150 g/mol. The first kappa shape index (κ1) is 7.81. The predicted octanol–water partition coefficient (Wildman–Crippen LogP) is 1.99. The Balaban J connectivity index is 1.82. The van der Waals surface area contributed by atoms with Gasteiger partial charge in [-0.25, -0.2) is 0 Å². The molecule has 0 radical (unpaired) electrons. The molecule has 64 valence electrons. The van der Waals surface area contributed by atoms with E-state index >= 15 is 0 Å². The van der Waals surface area contributed by atoms with Crippen molar-refractivity contribution in [3.8, 4) is 0 Å². The van der Waals surface area contributed by atoms with Crippen molar-refractivity contribution < 1.29 is 0 Å². The Morgan fingerprint density at radius 3 is 2.18 bits per heavy atom. The van der Waals surface area contributed by atoms with Crippen molar-refractivity contribution in [2.45, 2.75) is 50.2 Å². The van der Waals surface area contributed by atoms with Crippen LogP contribution >= 0.6 is 0 Å². The van der Waals surface area contributed by atoms with Gasteiger partial charge in [-0.05, 0) is 32.0 Å². The molecule has 2 fully saturated rings. The highest BCUT2D eigenvalue weighted by Gasteiger charge is 2.30. The van der Waals surface area contributed by atoms with Gasteiger partial charge in [0.2, 0.25) is 0 Å². The molecule has 0 amide bonds. The van der Waals surface area contributed by atoms with Crippen LogP contribution < -0.4 is 0 Å². The molecule has 0 aromatic heterocycles. The number of rotatable bonds is 2. The summed E-state index contributed by atoms with van der Waals surface area (Å²) >= 11 is 0. The summed E-state index contributed by atoms with van der Waals surface area (Å²) in [5.41, 5.74) is 0. The summed E-state index contributed by atoms with van der Waals surface area (Å²) in [4.78, 5) is 0. The van der Waals surface area contributed by atoms with E-state index < -0.39 is 0 Å². The van der Waals surface area contributed by atoms with Gasteiger partial charge in [0, 0.05) is 6.04 Å². The molecule has 2 heteroatoms. The fraction of sp³-hybridized carbons (Fsp3) is 1.00. The van der Waals surface area contributed by atoms with Crippen molar-refractivity contribution in [3.63, 3.8) is 0 Å². The van der Waals surface area contributed by atoms with Crippen LogP contribution in [0.1, 0.15) is 32.1 Å². The van der Waals surface area contributed by atoms with Gasteiger partial charge in [-0.3, -0.25) is 0 Å². The van der Waals surface area contributed by atoms with Crippen LogP contribution in [0.15, 0.2) is 0 Å². The van der Waals surface area contributed by atoms with Gasteiger partial charge in [-0.15, -0.1) is 0 Å². The van der Waals surface area contributed by atoms with E-state index in [-0.39, 0.29) is 8.96 Å². The van der Waals surface area contributed by atoms with Crippen molar-refractivity contribution in [2.24, 2.45) is 0 Å². The summed E-state index contributed by atoms with van der Waals surface area (Å²) in [7, 11) is 2.08. The van der Waals surface area contributed by atoms with E-state index in [1.165, 1.54) is 32.1 Å². The minimum Gasteiger partial charge on any atom is -0.326 e. The Morgan fingerprint density at radius 1 is 1.09 bits per heavy atom. The molecule has 1 nitrogen and oxygen atoms in total. The Kier molecular flexibility index (Phi) is 2.32. The number of hydrogen-bond donors (Lipinski definition) is 0. The van der Waals surface area contributed by atoms with Gasteiger partial charge >= 0.3 is 0 Å². The van der Waals surface area contributed by atoms with Gasteiger partial charge < -0.3 is 4.57 Å². The SMILES string of the molecule is CN(C1CCCC1)[SiH]1CCC1. The van der Waals surface area contributed by atoms with Crippen LogP contribution in [0.25, 0.3) is 0 Å². The highest BCUT2D eigenvalue weighted by molar-refractivity contribution is 6.58.